The Morgan fingerprint density at radius 1 is 1.13 bits per heavy atom. The summed E-state index contributed by atoms with van der Waals surface area (Å²) >= 11 is 5.99. The van der Waals surface area contributed by atoms with Crippen LogP contribution in [0.2, 0.25) is 5.02 Å². The van der Waals surface area contributed by atoms with Gasteiger partial charge >= 0.3 is 0 Å². The molecule has 0 spiro atoms. The second kappa shape index (κ2) is 11.6. The molecular formula is C24H31ClN2O3. The van der Waals surface area contributed by atoms with Crippen molar-refractivity contribution in [1.82, 2.24) is 10.2 Å². The maximum Gasteiger partial charge on any atom is 0.261 e. The molecule has 6 heteroatoms. The van der Waals surface area contributed by atoms with Crippen LogP contribution in [0.1, 0.15) is 38.3 Å². The third-order valence-electron chi connectivity index (χ3n) is 4.83. The number of aryl methyl sites for hydroxylation is 1. The van der Waals surface area contributed by atoms with E-state index in [1.807, 2.05) is 52.0 Å². The van der Waals surface area contributed by atoms with Gasteiger partial charge in [0, 0.05) is 18.1 Å². The normalized spacial score (nSPS) is 11.8. The Balaban J connectivity index is 2.21. The van der Waals surface area contributed by atoms with Crippen molar-refractivity contribution in [1.29, 1.82) is 0 Å². The Kier molecular flexibility index (Phi) is 9.18. The molecular weight excluding hydrogens is 400 g/mol. The quantitative estimate of drug-likeness (QED) is 0.598. The lowest BCUT2D eigenvalue weighted by molar-refractivity contribution is -0.143. The summed E-state index contributed by atoms with van der Waals surface area (Å²) in [6.45, 7) is 8.74. The van der Waals surface area contributed by atoms with Crippen molar-refractivity contribution in [3.63, 3.8) is 0 Å². The van der Waals surface area contributed by atoms with Gasteiger partial charge in [-0.15, -0.1) is 0 Å². The van der Waals surface area contributed by atoms with Crippen LogP contribution in [0.25, 0.3) is 0 Å². The number of hydrogen-bond acceptors (Lipinski definition) is 3. The molecule has 0 aliphatic rings. The van der Waals surface area contributed by atoms with Crippen molar-refractivity contribution in [2.75, 3.05) is 13.2 Å². The number of carbonyl (C=O) groups excluding carboxylic acids is 2. The van der Waals surface area contributed by atoms with Crippen molar-refractivity contribution in [2.24, 2.45) is 5.92 Å². The van der Waals surface area contributed by atoms with Crippen LogP contribution < -0.4 is 10.1 Å². The third-order valence-corrected chi connectivity index (χ3v) is 5.07. The molecule has 0 saturated carbocycles. The van der Waals surface area contributed by atoms with Gasteiger partial charge in [0.1, 0.15) is 11.8 Å². The second-order valence-electron chi connectivity index (χ2n) is 7.76. The third kappa shape index (κ3) is 7.06. The van der Waals surface area contributed by atoms with Gasteiger partial charge in [-0.25, -0.2) is 0 Å². The predicted molar refractivity (Wildman–Crippen MR) is 121 cm³/mol. The van der Waals surface area contributed by atoms with E-state index < -0.39 is 6.04 Å². The van der Waals surface area contributed by atoms with Crippen LogP contribution in [-0.4, -0.2) is 35.9 Å². The fourth-order valence-electron chi connectivity index (χ4n) is 3.10. The Morgan fingerprint density at radius 2 is 1.87 bits per heavy atom. The van der Waals surface area contributed by atoms with E-state index in [9.17, 15) is 9.59 Å². The Morgan fingerprint density at radius 3 is 2.50 bits per heavy atom. The minimum absolute atomic E-state index is 0.143. The summed E-state index contributed by atoms with van der Waals surface area (Å²) in [6.07, 6.45) is 0.513. The van der Waals surface area contributed by atoms with Gasteiger partial charge in [0.2, 0.25) is 5.91 Å². The number of rotatable bonds is 10. The van der Waals surface area contributed by atoms with E-state index in [1.165, 1.54) is 0 Å². The highest BCUT2D eigenvalue weighted by molar-refractivity contribution is 6.30. The number of nitrogens with zero attached hydrogens (tertiary/aromatic N) is 1. The molecule has 1 atom stereocenters. The summed E-state index contributed by atoms with van der Waals surface area (Å²) in [4.78, 5) is 27.6. The molecule has 1 unspecified atom stereocenters. The highest BCUT2D eigenvalue weighted by Gasteiger charge is 2.29. The number of halogens is 1. The molecule has 2 aromatic rings. The van der Waals surface area contributed by atoms with Gasteiger partial charge in [-0.05, 0) is 48.6 Å². The molecule has 0 bridgehead atoms. The van der Waals surface area contributed by atoms with Crippen LogP contribution >= 0.6 is 11.6 Å². The van der Waals surface area contributed by atoms with E-state index >= 15 is 0 Å². The Bertz CT molecular complexity index is 854. The molecule has 0 saturated heterocycles. The van der Waals surface area contributed by atoms with Gasteiger partial charge in [-0.2, -0.15) is 0 Å². The first-order valence-corrected chi connectivity index (χ1v) is 10.7. The molecule has 0 heterocycles. The van der Waals surface area contributed by atoms with Crippen molar-refractivity contribution >= 4 is 23.4 Å². The second-order valence-corrected chi connectivity index (χ2v) is 8.19. The van der Waals surface area contributed by atoms with Gasteiger partial charge in [-0.3, -0.25) is 9.59 Å². The zero-order valence-corrected chi connectivity index (χ0v) is 18.9. The van der Waals surface area contributed by atoms with Gasteiger partial charge in [0.05, 0.1) is 0 Å². The lowest BCUT2D eigenvalue weighted by Gasteiger charge is -2.31. The number of ether oxygens (including phenoxy) is 1. The average molecular weight is 431 g/mol. The van der Waals surface area contributed by atoms with Crippen molar-refractivity contribution in [3.05, 3.63) is 64.7 Å². The lowest BCUT2D eigenvalue weighted by Crippen LogP contribution is -2.50. The van der Waals surface area contributed by atoms with Crippen LogP contribution in [0.4, 0.5) is 0 Å². The Labute approximate surface area is 184 Å². The molecule has 0 radical (unpaired) electrons. The van der Waals surface area contributed by atoms with E-state index in [1.54, 1.807) is 29.2 Å². The maximum absolute atomic E-state index is 13.1. The number of hydrogen-bond donors (Lipinski definition) is 1. The minimum atomic E-state index is -0.571. The van der Waals surface area contributed by atoms with Crippen LogP contribution in [0.5, 0.6) is 5.75 Å². The molecule has 0 fully saturated rings. The van der Waals surface area contributed by atoms with E-state index in [2.05, 4.69) is 5.32 Å². The van der Waals surface area contributed by atoms with Crippen LogP contribution in [0.3, 0.4) is 0 Å². The van der Waals surface area contributed by atoms with E-state index in [4.69, 9.17) is 16.3 Å². The van der Waals surface area contributed by atoms with Gasteiger partial charge < -0.3 is 15.0 Å². The first kappa shape index (κ1) is 23.7. The van der Waals surface area contributed by atoms with Crippen LogP contribution in [0, 0.1) is 12.8 Å². The summed E-state index contributed by atoms with van der Waals surface area (Å²) < 4.78 is 5.66. The van der Waals surface area contributed by atoms with Gasteiger partial charge in [0.25, 0.3) is 5.91 Å². The zero-order valence-electron chi connectivity index (χ0n) is 18.2. The molecule has 1 N–H and O–H groups in total. The number of carbonyl (C=O) groups is 2. The van der Waals surface area contributed by atoms with Crippen LogP contribution in [0.15, 0.2) is 48.5 Å². The predicted octanol–water partition coefficient (Wildman–Crippen LogP) is 4.61. The SMILES string of the molecule is CCC(C(=O)NCC(C)C)N(Cc1ccccc1C)C(=O)COc1cccc(Cl)c1. The largest absolute Gasteiger partial charge is 0.484 e. The van der Waals surface area contributed by atoms with Gasteiger partial charge in [0.15, 0.2) is 6.61 Å². The summed E-state index contributed by atoms with van der Waals surface area (Å²) in [6, 6.07) is 14.2. The monoisotopic (exact) mass is 430 g/mol. The fourth-order valence-corrected chi connectivity index (χ4v) is 3.28. The number of benzene rings is 2. The van der Waals surface area contributed by atoms with E-state index in [0.717, 1.165) is 11.1 Å². The number of amides is 2. The van der Waals surface area contributed by atoms with E-state index in [-0.39, 0.29) is 18.4 Å². The lowest BCUT2D eigenvalue weighted by atomic mass is 10.1. The average Bonchev–Trinajstić information content (AvgIpc) is 2.71. The topological polar surface area (TPSA) is 58.6 Å². The summed E-state index contributed by atoms with van der Waals surface area (Å²) in [5.74, 6) is 0.461. The highest BCUT2D eigenvalue weighted by atomic mass is 35.5. The highest BCUT2D eigenvalue weighted by Crippen LogP contribution is 2.19. The molecule has 30 heavy (non-hydrogen) atoms. The summed E-state index contributed by atoms with van der Waals surface area (Å²) in [5, 5.41) is 3.50. The Hall–Kier alpha value is -2.53. The summed E-state index contributed by atoms with van der Waals surface area (Å²) in [5.41, 5.74) is 2.08. The molecule has 2 aromatic carbocycles. The molecule has 2 rings (SSSR count). The maximum atomic E-state index is 13.1. The standard InChI is InChI=1S/C24H31ClN2O3/c1-5-22(24(29)26-14-17(2)3)27(15-19-10-7-6-9-18(19)4)23(28)16-30-21-12-8-11-20(25)13-21/h6-13,17,22H,5,14-16H2,1-4H3,(H,26,29). The zero-order chi connectivity index (χ0) is 22.1. The van der Waals surface area contributed by atoms with Crippen LogP contribution in [-0.2, 0) is 16.1 Å². The molecule has 0 aliphatic carbocycles. The van der Waals surface area contributed by atoms with E-state index in [0.29, 0.717) is 36.2 Å². The minimum Gasteiger partial charge on any atom is -0.484 e. The number of nitrogens with one attached hydrogen (secondary N) is 1. The van der Waals surface area contributed by atoms with Crippen molar-refractivity contribution in [3.8, 4) is 5.75 Å². The molecule has 0 aromatic heterocycles. The molecule has 0 aliphatic heterocycles. The van der Waals surface area contributed by atoms with Crippen molar-refractivity contribution < 1.29 is 14.3 Å². The molecule has 5 nitrogen and oxygen atoms in total. The fraction of sp³-hybridized carbons (Fsp3) is 0.417. The first-order valence-electron chi connectivity index (χ1n) is 10.3. The molecule has 162 valence electrons. The smallest absolute Gasteiger partial charge is 0.261 e. The first-order chi connectivity index (χ1) is 14.3. The molecule has 2 amide bonds. The summed E-state index contributed by atoms with van der Waals surface area (Å²) in [7, 11) is 0. The van der Waals surface area contributed by atoms with Crippen molar-refractivity contribution in [2.45, 2.75) is 46.7 Å². The van der Waals surface area contributed by atoms with Gasteiger partial charge in [-0.1, -0.05) is 62.7 Å².